The van der Waals surface area contributed by atoms with Crippen molar-refractivity contribution in [3.8, 4) is 0 Å². The number of urea groups is 1. The van der Waals surface area contributed by atoms with Gasteiger partial charge in [0.15, 0.2) is 0 Å². The molecular formula is C28H28N4O3. The van der Waals surface area contributed by atoms with Crippen LogP contribution in [0.15, 0.2) is 60.7 Å². The van der Waals surface area contributed by atoms with E-state index in [2.05, 4.69) is 22.4 Å². The number of nitrogens with one attached hydrogen (secondary N) is 1. The summed E-state index contributed by atoms with van der Waals surface area (Å²) in [6.45, 7) is 2.92. The standard InChI is InChI=1S/C28H28N4O3/c1-28(26(34)32(27(35)30-28)22-16-19-7-2-3-8-20(19)17-22)21-12-14-31(15-13-21)25(33)24-11-10-18-6-4-5-9-23(18)29-24/h2-11,21-22H,12-17H2,1H3,(H,30,35)/t28-/m0/s1. The van der Waals surface area contributed by atoms with Gasteiger partial charge in [0.05, 0.1) is 5.52 Å². The average Bonchev–Trinajstić information content (AvgIpc) is 3.41. The molecule has 0 unspecified atom stereocenters. The van der Waals surface area contributed by atoms with Gasteiger partial charge in [0.1, 0.15) is 11.2 Å². The van der Waals surface area contributed by atoms with E-state index in [1.54, 1.807) is 6.07 Å². The lowest BCUT2D eigenvalue weighted by Gasteiger charge is -2.39. The lowest BCUT2D eigenvalue weighted by molar-refractivity contribution is -0.134. The van der Waals surface area contributed by atoms with Crippen LogP contribution in [0.25, 0.3) is 10.9 Å². The molecule has 6 rings (SSSR count). The first-order valence-corrected chi connectivity index (χ1v) is 12.3. The molecular weight excluding hydrogens is 440 g/mol. The number of hydrogen-bond acceptors (Lipinski definition) is 4. The Hall–Kier alpha value is -3.74. The quantitative estimate of drug-likeness (QED) is 0.596. The zero-order valence-corrected chi connectivity index (χ0v) is 19.7. The number of amides is 4. The minimum Gasteiger partial charge on any atom is -0.337 e. The molecule has 3 aromatic rings. The molecule has 35 heavy (non-hydrogen) atoms. The third kappa shape index (κ3) is 3.57. The number of pyridine rings is 1. The summed E-state index contributed by atoms with van der Waals surface area (Å²) in [6, 6.07) is 19.2. The van der Waals surface area contributed by atoms with E-state index >= 15 is 0 Å². The Balaban J connectivity index is 1.13. The van der Waals surface area contributed by atoms with Crippen molar-refractivity contribution in [1.82, 2.24) is 20.1 Å². The number of hydrogen-bond donors (Lipinski definition) is 1. The van der Waals surface area contributed by atoms with Crippen molar-refractivity contribution < 1.29 is 14.4 Å². The first-order chi connectivity index (χ1) is 16.9. The molecule has 2 aromatic carbocycles. The Bertz CT molecular complexity index is 1320. The molecule has 1 N–H and O–H groups in total. The van der Waals surface area contributed by atoms with Gasteiger partial charge >= 0.3 is 6.03 Å². The number of carbonyl (C=O) groups is 3. The monoisotopic (exact) mass is 468 g/mol. The van der Waals surface area contributed by atoms with E-state index in [4.69, 9.17) is 0 Å². The molecule has 0 radical (unpaired) electrons. The first kappa shape index (κ1) is 21.8. The molecule has 3 heterocycles. The van der Waals surface area contributed by atoms with E-state index < -0.39 is 5.54 Å². The van der Waals surface area contributed by atoms with Gasteiger partial charge < -0.3 is 10.2 Å². The van der Waals surface area contributed by atoms with Crippen LogP contribution in [0, 0.1) is 5.92 Å². The van der Waals surface area contributed by atoms with Gasteiger partial charge in [-0.15, -0.1) is 0 Å². The van der Waals surface area contributed by atoms with E-state index in [0.717, 1.165) is 10.9 Å². The second kappa shape index (κ2) is 8.18. The summed E-state index contributed by atoms with van der Waals surface area (Å²) in [7, 11) is 0. The summed E-state index contributed by atoms with van der Waals surface area (Å²) in [5.74, 6) is -0.255. The summed E-state index contributed by atoms with van der Waals surface area (Å²) in [5.41, 5.74) is 2.71. The van der Waals surface area contributed by atoms with Crippen molar-refractivity contribution in [3.05, 3.63) is 77.5 Å². The number of para-hydroxylation sites is 1. The number of likely N-dealkylation sites (tertiary alicyclic amines) is 1. The van der Waals surface area contributed by atoms with Crippen LogP contribution in [0.1, 0.15) is 41.4 Å². The number of aromatic nitrogens is 1. The van der Waals surface area contributed by atoms with Crippen LogP contribution < -0.4 is 5.32 Å². The summed E-state index contributed by atoms with van der Waals surface area (Å²) < 4.78 is 0. The zero-order chi connectivity index (χ0) is 24.2. The van der Waals surface area contributed by atoms with Gasteiger partial charge in [0.2, 0.25) is 0 Å². The third-order valence-corrected chi connectivity index (χ3v) is 8.06. The molecule has 7 nitrogen and oxygen atoms in total. The maximum atomic E-state index is 13.6. The summed E-state index contributed by atoms with van der Waals surface area (Å²) in [5, 5.41) is 4.02. The number of imide groups is 1. The number of nitrogens with zero attached hydrogens (tertiary/aromatic N) is 3. The molecule has 0 saturated carbocycles. The number of rotatable bonds is 3. The maximum Gasteiger partial charge on any atom is 0.325 e. The highest BCUT2D eigenvalue weighted by atomic mass is 16.2. The van der Waals surface area contributed by atoms with Crippen LogP contribution in [0.4, 0.5) is 4.79 Å². The lowest BCUT2D eigenvalue weighted by atomic mass is 9.78. The SMILES string of the molecule is C[C@@]1(C2CCN(C(=O)c3ccc4ccccc4n3)CC2)NC(=O)N(C2Cc3ccccc3C2)C1=O. The van der Waals surface area contributed by atoms with Crippen LogP contribution >= 0.6 is 0 Å². The van der Waals surface area contributed by atoms with Gasteiger partial charge in [-0.05, 0) is 61.8 Å². The van der Waals surface area contributed by atoms with Crippen molar-refractivity contribution in [3.63, 3.8) is 0 Å². The summed E-state index contributed by atoms with van der Waals surface area (Å²) in [6.07, 6.45) is 2.72. The van der Waals surface area contributed by atoms with Crippen LogP contribution in [0.3, 0.4) is 0 Å². The van der Waals surface area contributed by atoms with E-state index in [0.29, 0.717) is 44.5 Å². The van der Waals surface area contributed by atoms with Gasteiger partial charge in [-0.2, -0.15) is 0 Å². The van der Waals surface area contributed by atoms with Crippen molar-refractivity contribution in [1.29, 1.82) is 0 Å². The fraction of sp³-hybridized carbons (Fsp3) is 0.357. The molecule has 1 aliphatic carbocycles. The Morgan fingerprint density at radius 2 is 1.60 bits per heavy atom. The molecule has 0 spiro atoms. The average molecular weight is 469 g/mol. The minimum absolute atomic E-state index is 0.0265. The Morgan fingerprint density at radius 1 is 0.943 bits per heavy atom. The van der Waals surface area contributed by atoms with Gasteiger partial charge in [-0.25, -0.2) is 9.78 Å². The van der Waals surface area contributed by atoms with Crippen LogP contribution in [0.2, 0.25) is 0 Å². The lowest BCUT2D eigenvalue weighted by Crippen LogP contribution is -2.55. The number of piperidine rings is 1. The van der Waals surface area contributed by atoms with Crippen molar-refractivity contribution in [2.45, 2.75) is 44.2 Å². The van der Waals surface area contributed by atoms with Crippen LogP contribution in [0.5, 0.6) is 0 Å². The highest BCUT2D eigenvalue weighted by Crippen LogP contribution is 2.37. The third-order valence-electron chi connectivity index (χ3n) is 8.06. The first-order valence-electron chi connectivity index (χ1n) is 12.3. The Labute approximate surface area is 204 Å². The molecule has 2 aliphatic heterocycles. The van der Waals surface area contributed by atoms with Gasteiger partial charge in [0, 0.05) is 24.5 Å². The van der Waals surface area contributed by atoms with E-state index in [9.17, 15) is 14.4 Å². The van der Waals surface area contributed by atoms with E-state index in [1.807, 2.05) is 54.3 Å². The molecule has 3 aliphatic rings. The molecule has 2 fully saturated rings. The normalized spacial score (nSPS) is 23.1. The second-order valence-electron chi connectivity index (χ2n) is 10.1. The number of carbonyl (C=O) groups excluding carboxylic acids is 3. The Morgan fingerprint density at radius 3 is 2.31 bits per heavy atom. The van der Waals surface area contributed by atoms with E-state index in [-0.39, 0.29) is 29.8 Å². The topological polar surface area (TPSA) is 82.6 Å². The smallest absolute Gasteiger partial charge is 0.325 e. The van der Waals surface area contributed by atoms with Crippen LogP contribution in [-0.4, -0.2) is 57.3 Å². The highest BCUT2D eigenvalue weighted by Gasteiger charge is 2.55. The largest absolute Gasteiger partial charge is 0.337 e. The molecule has 1 atom stereocenters. The van der Waals surface area contributed by atoms with Crippen molar-refractivity contribution in [2.24, 2.45) is 5.92 Å². The zero-order valence-electron chi connectivity index (χ0n) is 19.7. The maximum absolute atomic E-state index is 13.6. The molecule has 2 saturated heterocycles. The van der Waals surface area contributed by atoms with Crippen molar-refractivity contribution >= 4 is 28.7 Å². The van der Waals surface area contributed by atoms with Crippen molar-refractivity contribution in [2.75, 3.05) is 13.1 Å². The highest BCUT2D eigenvalue weighted by molar-refractivity contribution is 6.07. The predicted octanol–water partition coefficient (Wildman–Crippen LogP) is 3.56. The molecule has 7 heteroatoms. The molecule has 0 bridgehead atoms. The number of fused-ring (bicyclic) bond motifs is 2. The Kier molecular flexibility index (Phi) is 5.09. The second-order valence-corrected chi connectivity index (χ2v) is 10.1. The van der Waals surface area contributed by atoms with Gasteiger partial charge in [-0.1, -0.05) is 48.5 Å². The fourth-order valence-electron chi connectivity index (χ4n) is 6.01. The molecule has 4 amide bonds. The number of benzene rings is 2. The summed E-state index contributed by atoms with van der Waals surface area (Å²) in [4.78, 5) is 47.5. The summed E-state index contributed by atoms with van der Waals surface area (Å²) >= 11 is 0. The minimum atomic E-state index is -0.942. The molecule has 178 valence electrons. The fourth-order valence-corrected chi connectivity index (χ4v) is 6.01. The predicted molar refractivity (Wildman–Crippen MR) is 132 cm³/mol. The van der Waals surface area contributed by atoms with Crippen LogP contribution in [-0.2, 0) is 17.6 Å². The van der Waals surface area contributed by atoms with Gasteiger partial charge in [0.25, 0.3) is 11.8 Å². The molecule has 1 aromatic heterocycles. The van der Waals surface area contributed by atoms with E-state index in [1.165, 1.54) is 16.0 Å². The van der Waals surface area contributed by atoms with Gasteiger partial charge in [-0.3, -0.25) is 14.5 Å².